The zero-order valence-corrected chi connectivity index (χ0v) is 13.6. The van der Waals surface area contributed by atoms with E-state index in [1.807, 2.05) is 20.8 Å². The second-order valence-corrected chi connectivity index (χ2v) is 5.80. The number of amides is 1. The Morgan fingerprint density at radius 3 is 2.65 bits per heavy atom. The molecule has 1 amide bonds. The lowest BCUT2D eigenvalue weighted by Crippen LogP contribution is -2.45. The highest BCUT2D eigenvalue weighted by Gasteiger charge is 2.29. The Hall–Kier alpha value is -1.07. The Kier molecular flexibility index (Phi) is 5.59. The lowest BCUT2D eigenvalue weighted by Gasteiger charge is -2.29. The number of carbonyl (C=O) groups is 1. The molecule has 1 rings (SSSR count). The van der Waals surface area contributed by atoms with Crippen LogP contribution in [0.3, 0.4) is 0 Å². The van der Waals surface area contributed by atoms with Crippen LogP contribution in [0.25, 0.3) is 0 Å². The van der Waals surface area contributed by atoms with E-state index in [-0.39, 0.29) is 18.4 Å². The summed E-state index contributed by atoms with van der Waals surface area (Å²) in [5, 5.41) is 17.6. The van der Waals surface area contributed by atoms with Gasteiger partial charge in [0.05, 0.1) is 16.9 Å². The average molecular weight is 302 g/mol. The van der Waals surface area contributed by atoms with Gasteiger partial charge in [-0.15, -0.1) is 0 Å². The Balaban J connectivity index is 2.83. The minimum absolute atomic E-state index is 0.0952. The third-order valence-electron chi connectivity index (χ3n) is 3.89. The van der Waals surface area contributed by atoms with Crippen molar-refractivity contribution in [2.75, 3.05) is 6.54 Å². The number of nitrogens with one attached hydrogen (secondary N) is 1. The molecule has 2 N–H and O–H groups in total. The number of rotatable bonds is 6. The molecule has 0 aliphatic heterocycles. The van der Waals surface area contributed by atoms with Crippen molar-refractivity contribution in [3.8, 4) is 0 Å². The van der Waals surface area contributed by atoms with E-state index < -0.39 is 5.60 Å². The molecule has 0 aliphatic carbocycles. The third-order valence-corrected chi connectivity index (χ3v) is 4.33. The molecule has 0 aliphatic rings. The van der Waals surface area contributed by atoms with Crippen LogP contribution in [0.15, 0.2) is 0 Å². The number of halogens is 1. The molecular formula is C14H24ClN3O2. The van der Waals surface area contributed by atoms with Gasteiger partial charge in [0.2, 0.25) is 0 Å². The second-order valence-electron chi connectivity index (χ2n) is 5.44. The van der Waals surface area contributed by atoms with Gasteiger partial charge in [-0.2, -0.15) is 5.10 Å². The standard InChI is InChI=1S/C14H24ClN3O2/c1-6-9(3)14(4,20)8-16-13(19)11-10(7-2)17-18(5)12(11)15/h9,20H,6-8H2,1-5H3,(H,16,19). The molecule has 0 radical (unpaired) electrons. The molecular weight excluding hydrogens is 278 g/mol. The highest BCUT2D eigenvalue weighted by Crippen LogP contribution is 2.21. The van der Waals surface area contributed by atoms with Gasteiger partial charge < -0.3 is 10.4 Å². The molecule has 1 aromatic heterocycles. The predicted molar refractivity (Wildman–Crippen MR) is 80.0 cm³/mol. The van der Waals surface area contributed by atoms with Gasteiger partial charge in [0, 0.05) is 13.6 Å². The van der Waals surface area contributed by atoms with Crippen LogP contribution < -0.4 is 5.32 Å². The van der Waals surface area contributed by atoms with E-state index in [0.717, 1.165) is 6.42 Å². The zero-order chi connectivity index (χ0) is 15.5. The van der Waals surface area contributed by atoms with Gasteiger partial charge >= 0.3 is 0 Å². The van der Waals surface area contributed by atoms with E-state index in [4.69, 9.17) is 11.6 Å². The molecule has 2 unspecified atom stereocenters. The summed E-state index contributed by atoms with van der Waals surface area (Å²) >= 11 is 6.10. The molecule has 20 heavy (non-hydrogen) atoms. The summed E-state index contributed by atoms with van der Waals surface area (Å²) in [6, 6.07) is 0. The van der Waals surface area contributed by atoms with Gasteiger partial charge in [0.25, 0.3) is 5.91 Å². The largest absolute Gasteiger partial charge is 0.388 e. The fraction of sp³-hybridized carbons (Fsp3) is 0.714. The van der Waals surface area contributed by atoms with E-state index in [2.05, 4.69) is 10.4 Å². The van der Waals surface area contributed by atoms with E-state index in [9.17, 15) is 9.90 Å². The number of aliphatic hydroxyl groups is 1. The highest BCUT2D eigenvalue weighted by molar-refractivity contribution is 6.33. The van der Waals surface area contributed by atoms with Crippen molar-refractivity contribution >= 4 is 17.5 Å². The Morgan fingerprint density at radius 2 is 2.15 bits per heavy atom. The highest BCUT2D eigenvalue weighted by atomic mass is 35.5. The topological polar surface area (TPSA) is 67.2 Å². The van der Waals surface area contributed by atoms with Gasteiger partial charge in [-0.05, 0) is 19.3 Å². The lowest BCUT2D eigenvalue weighted by molar-refractivity contribution is 0.00591. The smallest absolute Gasteiger partial charge is 0.256 e. The van der Waals surface area contributed by atoms with Gasteiger partial charge in [0.1, 0.15) is 5.15 Å². The van der Waals surface area contributed by atoms with Crippen molar-refractivity contribution in [3.05, 3.63) is 16.4 Å². The summed E-state index contributed by atoms with van der Waals surface area (Å²) < 4.78 is 1.49. The van der Waals surface area contributed by atoms with Crippen LogP contribution in [0.2, 0.25) is 5.15 Å². The number of aryl methyl sites for hydroxylation is 2. The normalized spacial score (nSPS) is 15.8. The van der Waals surface area contributed by atoms with Crippen molar-refractivity contribution in [2.24, 2.45) is 13.0 Å². The van der Waals surface area contributed by atoms with Gasteiger partial charge in [0.15, 0.2) is 0 Å². The molecule has 1 heterocycles. The fourth-order valence-corrected chi connectivity index (χ4v) is 2.22. The number of nitrogens with zero attached hydrogens (tertiary/aromatic N) is 2. The van der Waals surface area contributed by atoms with Gasteiger partial charge in [-0.25, -0.2) is 0 Å². The van der Waals surface area contributed by atoms with Crippen molar-refractivity contribution in [1.82, 2.24) is 15.1 Å². The molecule has 0 aromatic carbocycles. The Morgan fingerprint density at radius 1 is 1.55 bits per heavy atom. The first kappa shape index (κ1) is 17.0. The SMILES string of the molecule is CCc1nn(C)c(Cl)c1C(=O)NCC(C)(O)C(C)CC. The van der Waals surface area contributed by atoms with Gasteiger partial charge in [-0.1, -0.05) is 38.8 Å². The van der Waals surface area contributed by atoms with E-state index >= 15 is 0 Å². The van der Waals surface area contributed by atoms with E-state index in [0.29, 0.717) is 22.8 Å². The first-order valence-corrected chi connectivity index (χ1v) is 7.34. The molecule has 0 saturated carbocycles. The van der Waals surface area contributed by atoms with Crippen LogP contribution in [0.5, 0.6) is 0 Å². The Labute approximate surface area is 125 Å². The fourth-order valence-electron chi connectivity index (χ4n) is 1.99. The van der Waals surface area contributed by atoms with E-state index in [1.54, 1.807) is 14.0 Å². The third kappa shape index (κ3) is 3.52. The summed E-state index contributed by atoms with van der Waals surface area (Å²) in [5.74, 6) is -0.193. The van der Waals surface area contributed by atoms with Crippen molar-refractivity contribution in [3.63, 3.8) is 0 Å². The lowest BCUT2D eigenvalue weighted by atomic mass is 9.88. The average Bonchev–Trinajstić information content (AvgIpc) is 2.70. The molecule has 0 fully saturated rings. The minimum atomic E-state index is -0.939. The molecule has 5 nitrogen and oxygen atoms in total. The van der Waals surface area contributed by atoms with Crippen LogP contribution in [0, 0.1) is 5.92 Å². The molecule has 0 spiro atoms. The van der Waals surface area contributed by atoms with Crippen molar-refractivity contribution in [1.29, 1.82) is 0 Å². The van der Waals surface area contributed by atoms with Crippen LogP contribution in [-0.4, -0.2) is 32.9 Å². The molecule has 0 bridgehead atoms. The van der Waals surface area contributed by atoms with Crippen LogP contribution in [0.1, 0.15) is 50.2 Å². The van der Waals surface area contributed by atoms with Gasteiger partial charge in [-0.3, -0.25) is 9.48 Å². The summed E-state index contributed by atoms with van der Waals surface area (Å²) in [7, 11) is 1.70. The maximum absolute atomic E-state index is 12.3. The van der Waals surface area contributed by atoms with E-state index in [1.165, 1.54) is 4.68 Å². The molecule has 6 heteroatoms. The van der Waals surface area contributed by atoms with Crippen LogP contribution in [-0.2, 0) is 13.5 Å². The maximum Gasteiger partial charge on any atom is 0.256 e. The van der Waals surface area contributed by atoms with Crippen molar-refractivity contribution < 1.29 is 9.90 Å². The van der Waals surface area contributed by atoms with Crippen molar-refractivity contribution in [2.45, 2.75) is 46.1 Å². The number of hydrogen-bond acceptors (Lipinski definition) is 3. The summed E-state index contributed by atoms with van der Waals surface area (Å²) in [6.07, 6.45) is 1.47. The summed E-state index contributed by atoms with van der Waals surface area (Å²) in [6.45, 7) is 7.81. The molecule has 114 valence electrons. The zero-order valence-electron chi connectivity index (χ0n) is 12.8. The van der Waals surface area contributed by atoms with Crippen LogP contribution in [0.4, 0.5) is 0 Å². The maximum atomic E-state index is 12.3. The Bertz CT molecular complexity index is 483. The second kappa shape index (κ2) is 6.59. The summed E-state index contributed by atoms with van der Waals surface area (Å²) in [4.78, 5) is 12.3. The molecule has 1 aromatic rings. The summed E-state index contributed by atoms with van der Waals surface area (Å²) in [5.41, 5.74) is 0.126. The molecule has 0 saturated heterocycles. The number of hydrogen-bond donors (Lipinski definition) is 2. The monoisotopic (exact) mass is 301 g/mol. The number of carbonyl (C=O) groups excluding carboxylic acids is 1. The van der Waals surface area contributed by atoms with Crippen LogP contribution >= 0.6 is 11.6 Å². The first-order valence-electron chi connectivity index (χ1n) is 6.96. The quantitative estimate of drug-likeness (QED) is 0.846. The predicted octanol–water partition coefficient (Wildman–Crippen LogP) is 2.16. The molecule has 2 atom stereocenters. The minimum Gasteiger partial charge on any atom is -0.388 e. The first-order chi connectivity index (χ1) is 9.24. The number of aromatic nitrogens is 2.